The first-order valence-corrected chi connectivity index (χ1v) is 10.3. The van der Waals surface area contributed by atoms with Crippen LogP contribution in [0.3, 0.4) is 0 Å². The third-order valence-corrected chi connectivity index (χ3v) is 4.85. The molecule has 3 rings (SSSR count). The van der Waals surface area contributed by atoms with Crippen molar-refractivity contribution < 1.29 is 17.9 Å². The van der Waals surface area contributed by atoms with E-state index < -0.39 is 11.7 Å². The molecule has 0 radical (unpaired) electrons. The van der Waals surface area contributed by atoms with Crippen molar-refractivity contribution in [1.82, 2.24) is 15.6 Å². The number of ether oxygens (including phenoxy) is 1. The number of aromatic nitrogens is 1. The average molecular weight is 563 g/mol. The zero-order valence-electron chi connectivity index (χ0n) is 18.2. The Bertz CT molecular complexity index is 894. The van der Waals surface area contributed by atoms with Crippen LogP contribution in [0.4, 0.5) is 19.0 Å². The van der Waals surface area contributed by atoms with Crippen molar-refractivity contribution in [1.29, 1.82) is 0 Å². The molecule has 1 aromatic carbocycles. The van der Waals surface area contributed by atoms with Crippen molar-refractivity contribution in [3.63, 3.8) is 0 Å². The highest BCUT2D eigenvalue weighted by atomic mass is 127. The molecule has 2 aromatic rings. The van der Waals surface area contributed by atoms with E-state index in [1.54, 1.807) is 12.3 Å². The minimum absolute atomic E-state index is 0. The number of aliphatic imine (C=N–C) groups is 1. The maximum absolute atomic E-state index is 12.9. The van der Waals surface area contributed by atoms with Gasteiger partial charge in [0, 0.05) is 32.4 Å². The van der Waals surface area contributed by atoms with Crippen LogP contribution in [0.25, 0.3) is 0 Å². The zero-order chi connectivity index (χ0) is 22.3. The number of nitrogens with one attached hydrogen (secondary N) is 2. The van der Waals surface area contributed by atoms with Crippen molar-refractivity contribution in [2.45, 2.75) is 39.2 Å². The largest absolute Gasteiger partial charge is 0.416 e. The number of nitrogens with zero attached hydrogens (tertiary/aromatic N) is 3. The van der Waals surface area contributed by atoms with E-state index in [0.29, 0.717) is 31.2 Å². The summed E-state index contributed by atoms with van der Waals surface area (Å²) in [4.78, 5) is 11.1. The third kappa shape index (κ3) is 7.80. The van der Waals surface area contributed by atoms with Crippen molar-refractivity contribution in [3.05, 3.63) is 59.3 Å². The van der Waals surface area contributed by atoms with Crippen LogP contribution in [0.1, 0.15) is 30.5 Å². The van der Waals surface area contributed by atoms with E-state index in [1.807, 2.05) is 26.0 Å². The summed E-state index contributed by atoms with van der Waals surface area (Å²) >= 11 is 0. The van der Waals surface area contributed by atoms with Gasteiger partial charge in [-0.2, -0.15) is 13.2 Å². The quantitative estimate of drug-likeness (QED) is 0.314. The number of anilines is 1. The van der Waals surface area contributed by atoms with Crippen molar-refractivity contribution in [3.8, 4) is 0 Å². The van der Waals surface area contributed by atoms with Gasteiger partial charge in [-0.3, -0.25) is 0 Å². The van der Waals surface area contributed by atoms with E-state index in [1.165, 1.54) is 6.07 Å². The summed E-state index contributed by atoms with van der Waals surface area (Å²) in [5.41, 5.74) is 0.869. The molecule has 10 heteroatoms. The molecule has 2 N–H and O–H groups in total. The summed E-state index contributed by atoms with van der Waals surface area (Å²) in [6.07, 6.45) is -2.42. The first-order chi connectivity index (χ1) is 14.8. The standard InChI is InChI=1S/C22H28F3N5O.HI/c1-3-26-21(28-13-17-5-4-6-19(11-17)22(23,24)25)29-14-18-7-8-27-20(12-18)30-9-10-31-16(2)15-30;/h4-8,11-12,16H,3,9-10,13-15H2,1-2H3,(H2,26,28,29);1H. The van der Waals surface area contributed by atoms with Gasteiger partial charge in [0.15, 0.2) is 5.96 Å². The number of guanidine groups is 1. The van der Waals surface area contributed by atoms with Gasteiger partial charge < -0.3 is 20.3 Å². The normalized spacial score (nSPS) is 17.0. The summed E-state index contributed by atoms with van der Waals surface area (Å²) in [5, 5.41) is 6.36. The van der Waals surface area contributed by atoms with E-state index in [2.05, 4.69) is 25.5 Å². The van der Waals surface area contributed by atoms with Crippen LogP contribution in [0, 0.1) is 0 Å². The molecule has 1 aliphatic rings. The molecule has 0 saturated carbocycles. The molecule has 0 spiro atoms. The van der Waals surface area contributed by atoms with Crippen LogP contribution >= 0.6 is 24.0 Å². The maximum atomic E-state index is 12.9. The number of benzene rings is 1. The summed E-state index contributed by atoms with van der Waals surface area (Å²) < 4.78 is 44.3. The Morgan fingerprint density at radius 1 is 1.22 bits per heavy atom. The first-order valence-electron chi connectivity index (χ1n) is 10.3. The molecule has 1 aromatic heterocycles. The van der Waals surface area contributed by atoms with Gasteiger partial charge in [0.1, 0.15) is 5.82 Å². The number of halogens is 4. The lowest BCUT2D eigenvalue weighted by atomic mass is 10.1. The highest BCUT2D eigenvalue weighted by Gasteiger charge is 2.30. The molecule has 0 bridgehead atoms. The lowest BCUT2D eigenvalue weighted by molar-refractivity contribution is -0.137. The van der Waals surface area contributed by atoms with Gasteiger partial charge in [-0.05, 0) is 49.2 Å². The van der Waals surface area contributed by atoms with Crippen LogP contribution in [0.5, 0.6) is 0 Å². The van der Waals surface area contributed by atoms with Gasteiger partial charge in [0.2, 0.25) is 0 Å². The van der Waals surface area contributed by atoms with Gasteiger partial charge in [0.05, 0.1) is 24.8 Å². The van der Waals surface area contributed by atoms with E-state index in [9.17, 15) is 13.2 Å². The highest BCUT2D eigenvalue weighted by molar-refractivity contribution is 14.0. The maximum Gasteiger partial charge on any atom is 0.416 e. The van der Waals surface area contributed by atoms with E-state index in [4.69, 9.17) is 4.74 Å². The van der Waals surface area contributed by atoms with E-state index in [0.717, 1.165) is 36.6 Å². The fraction of sp³-hybridized carbons (Fsp3) is 0.455. The molecule has 32 heavy (non-hydrogen) atoms. The third-order valence-electron chi connectivity index (χ3n) is 4.85. The SMILES string of the molecule is CCNC(=NCc1cccc(C(F)(F)F)c1)NCc1ccnc(N2CCOC(C)C2)c1.I. The van der Waals surface area contributed by atoms with Gasteiger partial charge in [0.25, 0.3) is 0 Å². The molecular weight excluding hydrogens is 534 g/mol. The van der Waals surface area contributed by atoms with Gasteiger partial charge in [-0.1, -0.05) is 12.1 Å². The molecule has 6 nitrogen and oxygen atoms in total. The van der Waals surface area contributed by atoms with Gasteiger partial charge in [-0.25, -0.2) is 9.98 Å². The lowest BCUT2D eigenvalue weighted by Gasteiger charge is -2.32. The van der Waals surface area contributed by atoms with Crippen molar-refractivity contribution in [2.75, 3.05) is 31.1 Å². The molecule has 176 valence electrons. The first kappa shape index (κ1) is 26.2. The minimum Gasteiger partial charge on any atom is -0.375 e. The molecule has 1 atom stereocenters. The summed E-state index contributed by atoms with van der Waals surface area (Å²) in [7, 11) is 0. The number of alkyl halides is 3. The molecule has 1 aliphatic heterocycles. The fourth-order valence-electron chi connectivity index (χ4n) is 3.31. The second kappa shape index (κ2) is 12.2. The molecule has 0 amide bonds. The van der Waals surface area contributed by atoms with Crippen molar-refractivity contribution >= 4 is 35.8 Å². The summed E-state index contributed by atoms with van der Waals surface area (Å²) in [6.45, 7) is 7.56. The predicted octanol–water partition coefficient (Wildman–Crippen LogP) is 4.20. The number of hydrogen-bond acceptors (Lipinski definition) is 4. The monoisotopic (exact) mass is 563 g/mol. The summed E-state index contributed by atoms with van der Waals surface area (Å²) in [6, 6.07) is 9.19. The number of morpholine rings is 1. The molecule has 1 unspecified atom stereocenters. The Labute approximate surface area is 203 Å². The molecule has 1 fully saturated rings. The number of pyridine rings is 1. The van der Waals surface area contributed by atoms with Crippen LogP contribution in [-0.4, -0.2) is 43.3 Å². The predicted molar refractivity (Wildman–Crippen MR) is 130 cm³/mol. The zero-order valence-corrected chi connectivity index (χ0v) is 20.5. The van der Waals surface area contributed by atoms with Gasteiger partial charge >= 0.3 is 6.18 Å². The smallest absolute Gasteiger partial charge is 0.375 e. The second-order valence-electron chi connectivity index (χ2n) is 7.40. The minimum atomic E-state index is -4.36. The van der Waals surface area contributed by atoms with Gasteiger partial charge in [-0.15, -0.1) is 24.0 Å². The van der Waals surface area contributed by atoms with Crippen LogP contribution < -0.4 is 15.5 Å². The van der Waals surface area contributed by atoms with Crippen molar-refractivity contribution in [2.24, 2.45) is 4.99 Å². The van der Waals surface area contributed by atoms with Crippen LogP contribution in [0.15, 0.2) is 47.6 Å². The van der Waals surface area contributed by atoms with E-state index in [-0.39, 0.29) is 36.6 Å². The Hall–Kier alpha value is -2.08. The number of rotatable bonds is 6. The molecule has 2 heterocycles. The molecular formula is C22H29F3IN5O. The average Bonchev–Trinajstić information content (AvgIpc) is 2.75. The lowest BCUT2D eigenvalue weighted by Crippen LogP contribution is -2.41. The highest BCUT2D eigenvalue weighted by Crippen LogP contribution is 2.29. The fourth-order valence-corrected chi connectivity index (χ4v) is 3.31. The summed E-state index contributed by atoms with van der Waals surface area (Å²) in [5.74, 6) is 1.44. The molecule has 0 aliphatic carbocycles. The second-order valence-corrected chi connectivity index (χ2v) is 7.40. The van der Waals surface area contributed by atoms with Crippen LogP contribution in [-0.2, 0) is 24.0 Å². The number of hydrogen-bond donors (Lipinski definition) is 2. The topological polar surface area (TPSA) is 61.8 Å². The van der Waals surface area contributed by atoms with E-state index >= 15 is 0 Å². The Morgan fingerprint density at radius 2 is 2.03 bits per heavy atom. The Balaban J connectivity index is 0.00000363. The Kier molecular flexibility index (Phi) is 10.0. The molecule has 1 saturated heterocycles. The Morgan fingerprint density at radius 3 is 2.75 bits per heavy atom. The van der Waals surface area contributed by atoms with Crippen LogP contribution in [0.2, 0.25) is 0 Å².